The first-order valence-electron chi connectivity index (χ1n) is 8.87. The molecule has 0 unspecified atom stereocenters. The van der Waals surface area contributed by atoms with Gasteiger partial charge in [0.25, 0.3) is 24.8 Å². The summed E-state index contributed by atoms with van der Waals surface area (Å²) in [5.74, 6) is 0. The number of aryl methyl sites for hydroxylation is 2. The number of fused-ring (bicyclic) bond motifs is 1. The zero-order valence-corrected chi connectivity index (χ0v) is 19.6. The molecule has 162 valence electrons. The number of nitrogens with zero attached hydrogens (tertiary/aromatic N) is 1. The highest BCUT2D eigenvalue weighted by molar-refractivity contribution is 7.94. The highest BCUT2D eigenvalue weighted by Gasteiger charge is 2.21. The lowest BCUT2D eigenvalue weighted by molar-refractivity contribution is 0.599. The average Bonchev–Trinajstić information content (AvgIpc) is 3.33. The van der Waals surface area contributed by atoms with Gasteiger partial charge in [0, 0.05) is 7.05 Å². The zero-order valence-electron chi connectivity index (χ0n) is 16.3. The van der Waals surface area contributed by atoms with Crippen LogP contribution >= 0.6 is 22.9 Å². The fraction of sp³-hybridized carbons (Fsp3) is 0.105. The molecule has 8 nitrogen and oxygen atoms in total. The van der Waals surface area contributed by atoms with E-state index in [9.17, 15) is 21.6 Å². The monoisotopic (exact) mass is 495 g/mol. The van der Waals surface area contributed by atoms with Crippen molar-refractivity contribution >= 4 is 65.2 Å². The summed E-state index contributed by atoms with van der Waals surface area (Å²) >= 11 is 2.04. The molecule has 0 saturated heterocycles. The number of thiophene rings is 1. The standard InChI is InChI=1S/C19H17N3O5S4/c1-12-5-7-15(16(10-12)21-31(26,27)18-4-3-9-28-18)20-30(24,25)13-6-8-17-14(11-13)19(23)29-22(17)2/h3-11,20-21H,1-2H3. The van der Waals surface area contributed by atoms with E-state index in [-0.39, 0.29) is 25.2 Å². The van der Waals surface area contributed by atoms with Crippen molar-refractivity contribution in [1.29, 1.82) is 0 Å². The van der Waals surface area contributed by atoms with Crippen LogP contribution in [0.1, 0.15) is 5.56 Å². The van der Waals surface area contributed by atoms with Crippen molar-refractivity contribution in [3.63, 3.8) is 0 Å². The van der Waals surface area contributed by atoms with Crippen LogP contribution in [0.25, 0.3) is 10.9 Å². The van der Waals surface area contributed by atoms with E-state index in [1.165, 1.54) is 24.3 Å². The molecule has 0 radical (unpaired) electrons. The lowest BCUT2D eigenvalue weighted by atomic mass is 10.2. The molecule has 0 aliphatic carbocycles. The molecule has 2 N–H and O–H groups in total. The highest BCUT2D eigenvalue weighted by atomic mass is 32.2. The zero-order chi connectivity index (χ0) is 22.4. The quantitative estimate of drug-likeness (QED) is 0.424. The molecule has 31 heavy (non-hydrogen) atoms. The molecule has 0 fully saturated rings. The first-order valence-corrected chi connectivity index (χ1v) is 13.5. The van der Waals surface area contributed by atoms with Crippen molar-refractivity contribution in [2.24, 2.45) is 7.05 Å². The van der Waals surface area contributed by atoms with Crippen LogP contribution in [0.3, 0.4) is 0 Å². The molecule has 0 aliphatic heterocycles. The summed E-state index contributed by atoms with van der Waals surface area (Å²) in [5.41, 5.74) is 1.55. The summed E-state index contributed by atoms with van der Waals surface area (Å²) in [7, 11) is -6.23. The number of nitrogens with one attached hydrogen (secondary N) is 2. The number of rotatable bonds is 6. The molecule has 2 aromatic carbocycles. The van der Waals surface area contributed by atoms with Crippen LogP contribution in [0.15, 0.2) is 67.8 Å². The Labute approximate surface area is 187 Å². The smallest absolute Gasteiger partial charge is 0.271 e. The molecule has 0 spiro atoms. The molecule has 0 bridgehead atoms. The Hall–Kier alpha value is -2.67. The fourth-order valence-corrected chi connectivity index (χ4v) is 6.93. The summed E-state index contributed by atoms with van der Waals surface area (Å²) < 4.78 is 57.7. The van der Waals surface area contributed by atoms with Gasteiger partial charge in [0.1, 0.15) is 4.21 Å². The molecular weight excluding hydrogens is 478 g/mol. The molecule has 12 heteroatoms. The Morgan fingerprint density at radius 1 is 0.903 bits per heavy atom. The van der Waals surface area contributed by atoms with E-state index < -0.39 is 20.0 Å². The van der Waals surface area contributed by atoms with Crippen LogP contribution < -0.4 is 14.2 Å². The van der Waals surface area contributed by atoms with Gasteiger partial charge in [-0.2, -0.15) is 0 Å². The maximum absolute atomic E-state index is 13.0. The number of benzene rings is 2. The maximum atomic E-state index is 13.0. The van der Waals surface area contributed by atoms with Crippen molar-refractivity contribution in [2.75, 3.05) is 9.44 Å². The Kier molecular flexibility index (Phi) is 5.41. The van der Waals surface area contributed by atoms with Crippen molar-refractivity contribution < 1.29 is 16.8 Å². The van der Waals surface area contributed by atoms with Crippen molar-refractivity contribution in [3.05, 3.63) is 69.0 Å². The van der Waals surface area contributed by atoms with Gasteiger partial charge in [0.2, 0.25) is 0 Å². The molecule has 0 aliphatic rings. The summed E-state index contributed by atoms with van der Waals surface area (Å²) in [4.78, 5) is 12.0. The van der Waals surface area contributed by atoms with Gasteiger partial charge >= 0.3 is 0 Å². The third-order valence-corrected chi connectivity index (χ3v) is 9.46. The molecule has 0 atom stereocenters. The molecule has 4 aromatic rings. The van der Waals surface area contributed by atoms with Gasteiger partial charge in [-0.15, -0.1) is 11.3 Å². The third kappa shape index (κ3) is 4.24. The molecule has 4 rings (SSSR count). The van der Waals surface area contributed by atoms with Gasteiger partial charge in [0.05, 0.1) is 27.2 Å². The molecule has 0 amide bonds. The minimum absolute atomic E-state index is 0.0732. The van der Waals surface area contributed by atoms with Crippen LogP contribution in [0.4, 0.5) is 11.4 Å². The second-order valence-corrected chi connectivity index (χ2v) is 12.4. The van der Waals surface area contributed by atoms with E-state index in [4.69, 9.17) is 0 Å². The number of sulfonamides is 2. The summed E-state index contributed by atoms with van der Waals surface area (Å²) in [5, 5.41) is 1.94. The molecule has 2 aromatic heterocycles. The average molecular weight is 496 g/mol. The van der Waals surface area contributed by atoms with Gasteiger partial charge in [-0.1, -0.05) is 12.1 Å². The lowest BCUT2D eigenvalue weighted by Crippen LogP contribution is -2.17. The maximum Gasteiger partial charge on any atom is 0.271 e. The minimum atomic E-state index is -4.08. The first-order chi connectivity index (χ1) is 14.6. The van der Waals surface area contributed by atoms with Gasteiger partial charge in [0.15, 0.2) is 0 Å². The van der Waals surface area contributed by atoms with E-state index in [0.717, 1.165) is 28.4 Å². The highest BCUT2D eigenvalue weighted by Crippen LogP contribution is 2.30. The van der Waals surface area contributed by atoms with Gasteiger partial charge in [-0.25, -0.2) is 16.8 Å². The predicted molar refractivity (Wildman–Crippen MR) is 124 cm³/mol. The molecular formula is C19H17N3O5S4. The number of anilines is 2. The van der Waals surface area contributed by atoms with E-state index in [1.807, 2.05) is 0 Å². The lowest BCUT2D eigenvalue weighted by Gasteiger charge is -2.15. The fourth-order valence-electron chi connectivity index (χ4n) is 2.99. The summed E-state index contributed by atoms with van der Waals surface area (Å²) in [6.45, 7) is 1.77. The van der Waals surface area contributed by atoms with Gasteiger partial charge in [-0.3, -0.25) is 18.2 Å². The second-order valence-electron chi connectivity index (χ2n) is 6.75. The van der Waals surface area contributed by atoms with Crippen LogP contribution in [0.5, 0.6) is 0 Å². The van der Waals surface area contributed by atoms with Gasteiger partial charge in [-0.05, 0) is 65.8 Å². The SMILES string of the molecule is Cc1ccc(NS(=O)(=O)c2ccc3c(c2)c(=O)sn3C)c(NS(=O)(=O)c2cccs2)c1. The normalized spacial score (nSPS) is 12.2. The first kappa shape index (κ1) is 21.6. The molecule has 2 heterocycles. The van der Waals surface area contributed by atoms with Crippen LogP contribution in [-0.2, 0) is 27.1 Å². The van der Waals surface area contributed by atoms with Crippen LogP contribution in [0, 0.1) is 6.92 Å². The number of aromatic nitrogens is 1. The largest absolute Gasteiger partial charge is 0.297 e. The third-order valence-electron chi connectivity index (χ3n) is 4.48. The van der Waals surface area contributed by atoms with Crippen molar-refractivity contribution in [3.8, 4) is 0 Å². The van der Waals surface area contributed by atoms with Gasteiger partial charge < -0.3 is 0 Å². The van der Waals surface area contributed by atoms with E-state index in [0.29, 0.717) is 10.9 Å². The summed E-state index contributed by atoms with van der Waals surface area (Å²) in [6, 6.07) is 12.1. The summed E-state index contributed by atoms with van der Waals surface area (Å²) in [6.07, 6.45) is 0. The Balaban J connectivity index is 1.72. The minimum Gasteiger partial charge on any atom is -0.297 e. The predicted octanol–water partition coefficient (Wildman–Crippen LogP) is 3.57. The van der Waals surface area contributed by atoms with E-state index >= 15 is 0 Å². The molecule has 0 saturated carbocycles. The number of hydrogen-bond acceptors (Lipinski definition) is 7. The number of hydrogen-bond donors (Lipinski definition) is 2. The van der Waals surface area contributed by atoms with E-state index in [1.54, 1.807) is 47.6 Å². The van der Waals surface area contributed by atoms with Crippen LogP contribution in [0.2, 0.25) is 0 Å². The second kappa shape index (κ2) is 7.79. The Morgan fingerprint density at radius 3 is 2.35 bits per heavy atom. The van der Waals surface area contributed by atoms with Crippen LogP contribution in [-0.4, -0.2) is 20.8 Å². The van der Waals surface area contributed by atoms with Crippen molar-refractivity contribution in [1.82, 2.24) is 3.96 Å². The topological polar surface area (TPSA) is 114 Å². The Bertz CT molecular complexity index is 1550. The Morgan fingerprint density at radius 2 is 1.65 bits per heavy atom. The van der Waals surface area contributed by atoms with E-state index in [2.05, 4.69) is 9.44 Å². The van der Waals surface area contributed by atoms with Crippen molar-refractivity contribution in [2.45, 2.75) is 16.0 Å².